The molecule has 4 nitrogen and oxygen atoms in total. The molecular weight excluding hydrogens is 361 g/mol. The lowest BCUT2D eigenvalue weighted by molar-refractivity contribution is -0.148. The second-order valence-electron chi connectivity index (χ2n) is 5.84. The monoisotopic (exact) mass is 379 g/mol. The number of hydrogen-bond acceptors (Lipinski definition) is 4. The van der Waals surface area contributed by atoms with Crippen LogP contribution in [-0.2, 0) is 20.7 Å². The predicted molar refractivity (Wildman–Crippen MR) is 101 cm³/mol. The van der Waals surface area contributed by atoms with Gasteiger partial charge in [0.2, 0.25) is 0 Å². The molecule has 132 valence electrons. The van der Waals surface area contributed by atoms with Gasteiger partial charge >= 0.3 is 5.97 Å². The molecule has 0 saturated heterocycles. The molecule has 0 aliphatic rings. The molecule has 0 saturated carbocycles. The summed E-state index contributed by atoms with van der Waals surface area (Å²) in [6, 6.07) is 12.5. The number of para-hydroxylation sites is 2. The van der Waals surface area contributed by atoms with Crippen LogP contribution in [0, 0.1) is 5.92 Å². The average molecular weight is 380 g/mol. The van der Waals surface area contributed by atoms with Crippen molar-refractivity contribution in [3.63, 3.8) is 0 Å². The van der Waals surface area contributed by atoms with E-state index in [9.17, 15) is 9.59 Å². The van der Waals surface area contributed by atoms with Crippen LogP contribution in [0.5, 0.6) is 0 Å². The zero-order chi connectivity index (χ0) is 18.4. The van der Waals surface area contributed by atoms with Gasteiger partial charge in [-0.1, -0.05) is 61.3 Å². The normalized spacial score (nSPS) is 10.6. The van der Waals surface area contributed by atoms with E-state index in [0.717, 1.165) is 5.56 Å². The van der Waals surface area contributed by atoms with Gasteiger partial charge < -0.3 is 10.1 Å². The summed E-state index contributed by atoms with van der Waals surface area (Å²) in [5, 5.41) is 4.12. The number of carbonyl (C=O) groups excluding carboxylic acids is 2. The summed E-state index contributed by atoms with van der Waals surface area (Å²) in [5.41, 5.74) is 1.99. The van der Waals surface area contributed by atoms with Crippen LogP contribution in [0.3, 0.4) is 0 Å². The lowest BCUT2D eigenvalue weighted by Gasteiger charge is -2.14. The number of Topliss-reactive ketones (excluding diaryl/α,β-unsaturated/α-hetero) is 1. The highest BCUT2D eigenvalue weighted by Crippen LogP contribution is 2.33. The number of ether oxygens (including phenoxy) is 1. The SMILES string of the molecule is CC(C)C(=O)COC(=O)Cc1ccccc1Nc1c(Cl)cccc1Cl. The van der Waals surface area contributed by atoms with E-state index in [1.165, 1.54) is 0 Å². The largest absolute Gasteiger partial charge is 0.457 e. The molecule has 0 heterocycles. The van der Waals surface area contributed by atoms with Gasteiger partial charge in [0.1, 0.15) is 6.61 Å². The van der Waals surface area contributed by atoms with Crippen molar-refractivity contribution in [2.45, 2.75) is 20.3 Å². The summed E-state index contributed by atoms with van der Waals surface area (Å²) < 4.78 is 5.05. The Balaban J connectivity index is 2.10. The first-order valence-corrected chi connectivity index (χ1v) is 8.61. The first-order valence-electron chi connectivity index (χ1n) is 7.85. The van der Waals surface area contributed by atoms with Gasteiger partial charge in [-0.15, -0.1) is 0 Å². The zero-order valence-corrected chi connectivity index (χ0v) is 15.5. The Kier molecular flexibility index (Phi) is 6.85. The van der Waals surface area contributed by atoms with Crippen LogP contribution in [0.2, 0.25) is 10.0 Å². The number of hydrogen-bond donors (Lipinski definition) is 1. The molecule has 0 fully saturated rings. The summed E-state index contributed by atoms with van der Waals surface area (Å²) in [7, 11) is 0. The molecule has 2 aromatic carbocycles. The maximum Gasteiger partial charge on any atom is 0.310 e. The molecule has 0 spiro atoms. The fourth-order valence-electron chi connectivity index (χ4n) is 2.07. The van der Waals surface area contributed by atoms with Crippen LogP contribution in [0.1, 0.15) is 19.4 Å². The fraction of sp³-hybridized carbons (Fsp3) is 0.263. The topological polar surface area (TPSA) is 55.4 Å². The molecule has 0 unspecified atom stereocenters. The van der Waals surface area contributed by atoms with E-state index in [1.807, 2.05) is 18.2 Å². The van der Waals surface area contributed by atoms with Crippen LogP contribution in [-0.4, -0.2) is 18.4 Å². The number of nitrogens with one attached hydrogen (secondary N) is 1. The van der Waals surface area contributed by atoms with Crippen molar-refractivity contribution in [1.82, 2.24) is 0 Å². The van der Waals surface area contributed by atoms with E-state index in [4.69, 9.17) is 27.9 Å². The zero-order valence-electron chi connectivity index (χ0n) is 14.0. The molecule has 25 heavy (non-hydrogen) atoms. The Morgan fingerprint density at radius 2 is 1.68 bits per heavy atom. The smallest absolute Gasteiger partial charge is 0.310 e. The van der Waals surface area contributed by atoms with E-state index in [-0.39, 0.29) is 24.7 Å². The highest BCUT2D eigenvalue weighted by atomic mass is 35.5. The maximum absolute atomic E-state index is 12.0. The van der Waals surface area contributed by atoms with Gasteiger partial charge in [-0.3, -0.25) is 9.59 Å². The third-order valence-electron chi connectivity index (χ3n) is 3.59. The van der Waals surface area contributed by atoms with Gasteiger partial charge in [0.25, 0.3) is 0 Å². The summed E-state index contributed by atoms with van der Waals surface area (Å²) in [4.78, 5) is 23.6. The van der Waals surface area contributed by atoms with Gasteiger partial charge in [0.05, 0.1) is 22.2 Å². The average Bonchev–Trinajstić information content (AvgIpc) is 2.57. The number of halogens is 2. The van der Waals surface area contributed by atoms with Gasteiger partial charge in [-0.05, 0) is 23.8 Å². The van der Waals surface area contributed by atoms with Crippen molar-refractivity contribution in [1.29, 1.82) is 0 Å². The molecule has 2 rings (SSSR count). The third kappa shape index (κ3) is 5.48. The Bertz CT molecular complexity index is 755. The fourth-order valence-corrected chi connectivity index (χ4v) is 2.57. The van der Waals surface area contributed by atoms with Crippen LogP contribution < -0.4 is 5.32 Å². The Morgan fingerprint density at radius 1 is 1.04 bits per heavy atom. The van der Waals surface area contributed by atoms with Gasteiger partial charge in [-0.2, -0.15) is 0 Å². The Morgan fingerprint density at radius 3 is 2.32 bits per heavy atom. The number of benzene rings is 2. The minimum Gasteiger partial charge on any atom is -0.457 e. The number of carbonyl (C=O) groups is 2. The number of esters is 1. The second kappa shape index (κ2) is 8.88. The van der Waals surface area contributed by atoms with Crippen LogP contribution in [0.15, 0.2) is 42.5 Å². The van der Waals surface area contributed by atoms with E-state index >= 15 is 0 Å². The maximum atomic E-state index is 12.0. The van der Waals surface area contributed by atoms with Crippen LogP contribution in [0.4, 0.5) is 11.4 Å². The van der Waals surface area contributed by atoms with E-state index in [0.29, 0.717) is 21.4 Å². The minimum absolute atomic E-state index is 0.0383. The van der Waals surface area contributed by atoms with E-state index in [2.05, 4.69) is 5.32 Å². The predicted octanol–water partition coefficient (Wildman–Crippen LogP) is 5.05. The molecular formula is C19H19Cl2NO3. The summed E-state index contributed by atoms with van der Waals surface area (Å²) in [5.74, 6) is -0.736. The van der Waals surface area contributed by atoms with Crippen LogP contribution >= 0.6 is 23.2 Å². The summed E-state index contributed by atoms with van der Waals surface area (Å²) in [6.45, 7) is 3.33. The number of anilines is 2. The Labute approximate surface area is 157 Å². The first kappa shape index (κ1) is 19.3. The molecule has 0 atom stereocenters. The van der Waals surface area contributed by atoms with Crippen molar-refractivity contribution < 1.29 is 14.3 Å². The number of rotatable bonds is 7. The van der Waals surface area contributed by atoms with E-state index < -0.39 is 5.97 Å². The first-order chi connectivity index (χ1) is 11.9. The molecule has 0 aliphatic carbocycles. The second-order valence-corrected chi connectivity index (χ2v) is 6.65. The third-order valence-corrected chi connectivity index (χ3v) is 4.22. The van der Waals surface area contributed by atoms with E-state index in [1.54, 1.807) is 38.1 Å². The lowest BCUT2D eigenvalue weighted by atomic mass is 10.1. The van der Waals surface area contributed by atoms with Gasteiger partial charge in [0.15, 0.2) is 5.78 Å². The molecule has 6 heteroatoms. The highest BCUT2D eigenvalue weighted by molar-refractivity contribution is 6.39. The summed E-state index contributed by atoms with van der Waals surface area (Å²) in [6.07, 6.45) is 0.0383. The minimum atomic E-state index is -0.464. The molecule has 0 aromatic heterocycles. The molecule has 0 radical (unpaired) electrons. The van der Waals surface area contributed by atoms with Crippen molar-refractivity contribution in [2.24, 2.45) is 5.92 Å². The Hall–Kier alpha value is -2.04. The molecule has 0 aliphatic heterocycles. The van der Waals surface area contributed by atoms with Gasteiger partial charge in [-0.25, -0.2) is 0 Å². The molecule has 1 N–H and O–H groups in total. The lowest BCUT2D eigenvalue weighted by Crippen LogP contribution is -2.19. The van der Waals surface area contributed by atoms with Crippen molar-refractivity contribution in [3.8, 4) is 0 Å². The molecule has 0 bridgehead atoms. The van der Waals surface area contributed by atoms with Gasteiger partial charge in [0, 0.05) is 11.6 Å². The van der Waals surface area contributed by atoms with Crippen molar-refractivity contribution in [3.05, 3.63) is 58.1 Å². The molecule has 0 amide bonds. The number of ketones is 1. The standard InChI is InChI=1S/C19H19Cl2NO3/c1-12(2)17(23)11-25-18(24)10-13-6-3-4-9-16(13)22-19-14(20)7-5-8-15(19)21/h3-9,12,22H,10-11H2,1-2H3. The van der Waals surface area contributed by atoms with Crippen molar-refractivity contribution in [2.75, 3.05) is 11.9 Å². The quantitative estimate of drug-likeness (QED) is 0.683. The highest BCUT2D eigenvalue weighted by Gasteiger charge is 2.14. The van der Waals surface area contributed by atoms with Crippen molar-refractivity contribution >= 4 is 46.3 Å². The summed E-state index contributed by atoms with van der Waals surface area (Å²) >= 11 is 12.4. The molecule has 2 aromatic rings. The van der Waals surface area contributed by atoms with Crippen LogP contribution in [0.25, 0.3) is 0 Å².